The minimum absolute atomic E-state index is 0.00687. The first-order valence-corrected chi connectivity index (χ1v) is 10.2. The topological polar surface area (TPSA) is 113 Å². The second-order valence-corrected chi connectivity index (χ2v) is 7.87. The zero-order valence-corrected chi connectivity index (χ0v) is 17.6. The first-order valence-electron chi connectivity index (χ1n) is 10.2. The number of nitrogens with zero attached hydrogens (tertiary/aromatic N) is 5. The van der Waals surface area contributed by atoms with Crippen molar-refractivity contribution in [2.45, 2.75) is 38.6 Å². The predicted molar refractivity (Wildman–Crippen MR) is 107 cm³/mol. The fraction of sp³-hybridized carbons (Fsp3) is 0.333. The van der Waals surface area contributed by atoms with Crippen LogP contribution in [-0.4, -0.2) is 47.0 Å². The Morgan fingerprint density at radius 1 is 1.36 bits per heavy atom. The molecule has 12 heteroatoms. The van der Waals surface area contributed by atoms with Crippen LogP contribution in [0.25, 0.3) is 5.52 Å². The van der Waals surface area contributed by atoms with Crippen LogP contribution in [-0.2, 0) is 12.6 Å². The summed E-state index contributed by atoms with van der Waals surface area (Å²) >= 11 is 0. The van der Waals surface area contributed by atoms with Crippen molar-refractivity contribution in [1.29, 1.82) is 0 Å². The Bertz CT molecular complexity index is 1350. The predicted octanol–water partition coefficient (Wildman–Crippen LogP) is 3.21. The summed E-state index contributed by atoms with van der Waals surface area (Å²) < 4.78 is 46.9. The molecule has 33 heavy (non-hydrogen) atoms. The highest BCUT2D eigenvalue weighted by Crippen LogP contribution is 2.36. The van der Waals surface area contributed by atoms with Gasteiger partial charge in [-0.05, 0) is 32.0 Å². The lowest BCUT2D eigenvalue weighted by atomic mass is 9.99. The molecule has 5 rings (SSSR count). The standard InChI is InChI=1S/C21H19F3N6O3/c1-10-18(33-19(27-10)11(2)31)20(32)29-7-6-13-16(26-9-25-13)17(29)14-8-12-4-3-5-15(21(22,23)24)30(12)28-14/h3-5,8-9,11,17,31H,6-7H2,1-2H3,(H,25,26)/t11?,17-/m0/s1. The van der Waals surface area contributed by atoms with E-state index in [4.69, 9.17) is 4.42 Å². The Balaban J connectivity index is 1.63. The fourth-order valence-electron chi connectivity index (χ4n) is 4.10. The van der Waals surface area contributed by atoms with Crippen LogP contribution in [0.15, 0.2) is 35.0 Å². The number of nitrogens with one attached hydrogen (secondary N) is 1. The highest BCUT2D eigenvalue weighted by atomic mass is 19.4. The van der Waals surface area contributed by atoms with E-state index in [2.05, 4.69) is 20.1 Å². The minimum Gasteiger partial charge on any atom is -0.432 e. The van der Waals surface area contributed by atoms with Gasteiger partial charge in [0.2, 0.25) is 11.7 Å². The maximum atomic E-state index is 13.5. The third kappa shape index (κ3) is 3.46. The van der Waals surface area contributed by atoms with E-state index < -0.39 is 29.9 Å². The maximum Gasteiger partial charge on any atom is 0.433 e. The number of imidazole rings is 1. The van der Waals surface area contributed by atoms with Gasteiger partial charge in [-0.2, -0.15) is 18.3 Å². The summed E-state index contributed by atoms with van der Waals surface area (Å²) in [5, 5.41) is 14.0. The number of pyridine rings is 1. The third-order valence-corrected chi connectivity index (χ3v) is 5.63. The number of fused-ring (bicyclic) bond motifs is 2. The van der Waals surface area contributed by atoms with Gasteiger partial charge in [-0.15, -0.1) is 0 Å². The third-order valence-electron chi connectivity index (χ3n) is 5.63. The number of aromatic nitrogens is 5. The van der Waals surface area contributed by atoms with Crippen LogP contribution in [0.3, 0.4) is 0 Å². The first kappa shape index (κ1) is 21.2. The average molecular weight is 460 g/mol. The fourth-order valence-corrected chi connectivity index (χ4v) is 4.10. The Morgan fingerprint density at radius 3 is 2.85 bits per heavy atom. The molecule has 0 saturated carbocycles. The number of hydrogen-bond acceptors (Lipinski definition) is 6. The Kier molecular flexibility index (Phi) is 4.78. The van der Waals surface area contributed by atoms with Crippen LogP contribution in [0.5, 0.6) is 0 Å². The molecule has 0 bridgehead atoms. The molecule has 0 aliphatic carbocycles. The number of halogens is 3. The molecule has 1 unspecified atom stereocenters. The molecule has 2 atom stereocenters. The number of rotatable bonds is 3. The number of aliphatic hydroxyl groups is 1. The number of aliphatic hydroxyl groups excluding tert-OH is 1. The molecule has 0 spiro atoms. The zero-order valence-electron chi connectivity index (χ0n) is 17.6. The van der Waals surface area contributed by atoms with Gasteiger partial charge in [0.05, 0.1) is 28.9 Å². The van der Waals surface area contributed by atoms with E-state index in [1.807, 2.05) is 0 Å². The normalized spacial score (nSPS) is 17.4. The van der Waals surface area contributed by atoms with E-state index in [1.54, 1.807) is 6.92 Å². The molecule has 0 radical (unpaired) electrons. The van der Waals surface area contributed by atoms with Crippen LogP contribution in [0, 0.1) is 6.92 Å². The van der Waals surface area contributed by atoms with Crippen molar-refractivity contribution in [2.75, 3.05) is 6.54 Å². The van der Waals surface area contributed by atoms with E-state index in [0.29, 0.717) is 17.8 Å². The van der Waals surface area contributed by atoms with Gasteiger partial charge in [0.15, 0.2) is 0 Å². The van der Waals surface area contributed by atoms with Gasteiger partial charge < -0.3 is 19.4 Å². The van der Waals surface area contributed by atoms with Gasteiger partial charge in [-0.1, -0.05) is 6.07 Å². The molecule has 0 fully saturated rings. The molecule has 1 aliphatic heterocycles. The summed E-state index contributed by atoms with van der Waals surface area (Å²) in [7, 11) is 0. The van der Waals surface area contributed by atoms with Crippen molar-refractivity contribution in [2.24, 2.45) is 0 Å². The SMILES string of the molecule is Cc1nc(C(C)O)oc1C(=O)N1CCc2[nH]cnc2[C@@H]1c1cc2cccc(C(F)(F)F)n2n1. The van der Waals surface area contributed by atoms with Gasteiger partial charge in [0.25, 0.3) is 5.91 Å². The molecule has 0 aromatic carbocycles. The number of H-pyrrole nitrogens is 1. The van der Waals surface area contributed by atoms with Crippen LogP contribution in [0.4, 0.5) is 13.2 Å². The Hall–Kier alpha value is -3.67. The molecule has 9 nitrogen and oxygen atoms in total. The van der Waals surface area contributed by atoms with Gasteiger partial charge in [0.1, 0.15) is 17.8 Å². The molecular formula is C21H19F3N6O3. The molecule has 1 amide bonds. The number of aryl methyl sites for hydroxylation is 1. The minimum atomic E-state index is -4.60. The van der Waals surface area contributed by atoms with Crippen LogP contribution in [0.2, 0.25) is 0 Å². The lowest BCUT2D eigenvalue weighted by Gasteiger charge is -2.33. The van der Waals surface area contributed by atoms with Crippen molar-refractivity contribution in [3.8, 4) is 0 Å². The summed E-state index contributed by atoms with van der Waals surface area (Å²) in [5.41, 5.74) is 1.13. The van der Waals surface area contributed by atoms with E-state index >= 15 is 0 Å². The van der Waals surface area contributed by atoms with Gasteiger partial charge in [-0.25, -0.2) is 14.5 Å². The number of carbonyl (C=O) groups is 1. The first-order chi connectivity index (χ1) is 15.6. The van der Waals surface area contributed by atoms with Crippen LogP contribution >= 0.6 is 0 Å². The number of oxazole rings is 1. The molecule has 172 valence electrons. The lowest BCUT2D eigenvalue weighted by Crippen LogP contribution is -2.41. The van der Waals surface area contributed by atoms with Crippen LogP contribution < -0.4 is 0 Å². The maximum absolute atomic E-state index is 13.5. The summed E-state index contributed by atoms with van der Waals surface area (Å²) in [4.78, 5) is 26.4. The summed E-state index contributed by atoms with van der Waals surface area (Å²) in [6.07, 6.45) is -3.65. The Morgan fingerprint density at radius 2 is 2.15 bits per heavy atom. The molecule has 2 N–H and O–H groups in total. The number of hydrogen-bond donors (Lipinski definition) is 2. The molecule has 5 heterocycles. The molecule has 1 aliphatic rings. The number of amides is 1. The molecule has 4 aromatic rings. The lowest BCUT2D eigenvalue weighted by molar-refractivity contribution is -0.142. The van der Waals surface area contributed by atoms with Crippen molar-refractivity contribution in [3.63, 3.8) is 0 Å². The second kappa shape index (κ2) is 7.44. The molecule has 4 aromatic heterocycles. The van der Waals surface area contributed by atoms with Crippen molar-refractivity contribution < 1.29 is 27.5 Å². The molecular weight excluding hydrogens is 441 g/mol. The smallest absolute Gasteiger partial charge is 0.432 e. The quantitative estimate of drug-likeness (QED) is 0.486. The van der Waals surface area contributed by atoms with Gasteiger partial charge >= 0.3 is 6.18 Å². The van der Waals surface area contributed by atoms with Crippen molar-refractivity contribution in [3.05, 3.63) is 70.7 Å². The Labute approximate surface area is 184 Å². The second-order valence-electron chi connectivity index (χ2n) is 7.87. The highest BCUT2D eigenvalue weighted by Gasteiger charge is 2.39. The number of aromatic amines is 1. The summed E-state index contributed by atoms with van der Waals surface area (Å²) in [6, 6.07) is 4.44. The molecule has 0 saturated heterocycles. The summed E-state index contributed by atoms with van der Waals surface area (Å²) in [6.45, 7) is 3.30. The summed E-state index contributed by atoms with van der Waals surface area (Å²) in [5.74, 6) is -0.555. The number of alkyl halides is 3. The van der Waals surface area contributed by atoms with E-state index in [1.165, 1.54) is 36.4 Å². The average Bonchev–Trinajstić information content (AvgIpc) is 3.48. The zero-order chi connectivity index (χ0) is 23.5. The van der Waals surface area contributed by atoms with E-state index in [0.717, 1.165) is 16.3 Å². The van der Waals surface area contributed by atoms with E-state index in [-0.39, 0.29) is 29.4 Å². The van der Waals surface area contributed by atoms with E-state index in [9.17, 15) is 23.1 Å². The van der Waals surface area contributed by atoms with Gasteiger partial charge in [0, 0.05) is 18.7 Å². The van der Waals surface area contributed by atoms with Crippen molar-refractivity contribution >= 4 is 11.4 Å². The van der Waals surface area contributed by atoms with Gasteiger partial charge in [-0.3, -0.25) is 4.79 Å². The largest absolute Gasteiger partial charge is 0.433 e. The highest BCUT2D eigenvalue weighted by molar-refractivity contribution is 5.93. The number of carbonyl (C=O) groups excluding carboxylic acids is 1. The van der Waals surface area contributed by atoms with Crippen molar-refractivity contribution in [1.82, 2.24) is 29.5 Å². The van der Waals surface area contributed by atoms with Crippen LogP contribution in [0.1, 0.15) is 64.0 Å². The monoisotopic (exact) mass is 460 g/mol.